The van der Waals surface area contributed by atoms with Crippen LogP contribution in [0.25, 0.3) is 11.0 Å². The molecule has 6 nitrogen and oxygen atoms in total. The fourth-order valence-corrected chi connectivity index (χ4v) is 3.01. The molecule has 0 unspecified atom stereocenters. The Bertz CT molecular complexity index is 1040. The topological polar surface area (TPSA) is 99.8 Å². The zero-order chi connectivity index (χ0) is 19.6. The molecule has 0 bridgehead atoms. The summed E-state index contributed by atoms with van der Waals surface area (Å²) in [5.74, 6) is -0.333. The van der Waals surface area contributed by atoms with E-state index in [1.54, 1.807) is 32.0 Å². The van der Waals surface area contributed by atoms with E-state index in [0.717, 1.165) is 0 Å². The first kappa shape index (κ1) is 18.7. The van der Waals surface area contributed by atoms with E-state index in [1.165, 1.54) is 6.07 Å². The third kappa shape index (κ3) is 3.85. The highest BCUT2D eigenvalue weighted by Gasteiger charge is 2.17. The van der Waals surface area contributed by atoms with E-state index >= 15 is 0 Å². The molecular formula is C21H21NO5. The summed E-state index contributed by atoms with van der Waals surface area (Å²) in [6, 6.07) is 12.2. The number of fused-ring (bicyclic) bond motifs is 1. The maximum absolute atomic E-state index is 12.3. The van der Waals surface area contributed by atoms with Crippen LogP contribution in [0.5, 0.6) is 5.75 Å². The molecule has 0 saturated carbocycles. The zero-order valence-corrected chi connectivity index (χ0v) is 15.2. The summed E-state index contributed by atoms with van der Waals surface area (Å²) in [4.78, 5) is 24.6. The molecule has 0 aliphatic rings. The van der Waals surface area contributed by atoms with Gasteiger partial charge in [-0.1, -0.05) is 30.3 Å². The number of hydrogen-bond donors (Lipinski definition) is 3. The van der Waals surface area contributed by atoms with Crippen LogP contribution in [0.2, 0.25) is 0 Å². The molecule has 0 aliphatic heterocycles. The lowest BCUT2D eigenvalue weighted by atomic mass is 10.0. The maximum Gasteiger partial charge on any atom is 0.340 e. The summed E-state index contributed by atoms with van der Waals surface area (Å²) < 4.78 is 5.34. The number of benzene rings is 2. The second-order valence-corrected chi connectivity index (χ2v) is 6.49. The molecule has 140 valence electrons. The van der Waals surface area contributed by atoms with Gasteiger partial charge in [-0.3, -0.25) is 4.79 Å². The van der Waals surface area contributed by atoms with E-state index in [9.17, 15) is 19.8 Å². The largest absolute Gasteiger partial charge is 0.508 e. The number of carbonyl (C=O) groups excluding carboxylic acids is 1. The van der Waals surface area contributed by atoms with Crippen LogP contribution < -0.4 is 10.9 Å². The number of carbonyl (C=O) groups is 1. The van der Waals surface area contributed by atoms with Gasteiger partial charge in [0.25, 0.3) is 0 Å². The molecule has 0 saturated heterocycles. The van der Waals surface area contributed by atoms with Crippen LogP contribution in [0, 0.1) is 13.8 Å². The molecule has 0 radical (unpaired) electrons. The molecule has 27 heavy (non-hydrogen) atoms. The van der Waals surface area contributed by atoms with Crippen molar-refractivity contribution in [1.29, 1.82) is 0 Å². The monoisotopic (exact) mass is 367 g/mol. The van der Waals surface area contributed by atoms with Crippen molar-refractivity contribution < 1.29 is 19.4 Å². The van der Waals surface area contributed by atoms with Gasteiger partial charge in [0, 0.05) is 17.5 Å². The molecule has 2 aromatic carbocycles. The summed E-state index contributed by atoms with van der Waals surface area (Å²) in [7, 11) is 0. The van der Waals surface area contributed by atoms with Gasteiger partial charge in [0.05, 0.1) is 18.1 Å². The van der Waals surface area contributed by atoms with Crippen molar-refractivity contribution in [3.63, 3.8) is 0 Å². The normalized spacial score (nSPS) is 12.1. The first-order valence-electron chi connectivity index (χ1n) is 8.63. The van der Waals surface area contributed by atoms with E-state index in [2.05, 4.69) is 5.32 Å². The number of aromatic hydroxyl groups is 1. The fourth-order valence-electron chi connectivity index (χ4n) is 3.01. The summed E-state index contributed by atoms with van der Waals surface area (Å²) in [5, 5.41) is 23.2. The zero-order valence-electron chi connectivity index (χ0n) is 15.2. The minimum absolute atomic E-state index is 0.0467. The molecule has 0 fully saturated rings. The average molecular weight is 367 g/mol. The van der Waals surface area contributed by atoms with E-state index in [-0.39, 0.29) is 30.2 Å². The van der Waals surface area contributed by atoms with Gasteiger partial charge in [-0.2, -0.15) is 0 Å². The Kier molecular flexibility index (Phi) is 5.28. The van der Waals surface area contributed by atoms with Crippen LogP contribution in [0.1, 0.15) is 28.4 Å². The number of hydrogen-bond acceptors (Lipinski definition) is 5. The quantitative estimate of drug-likeness (QED) is 0.602. The molecule has 3 aromatic rings. The SMILES string of the molecule is Cc1c(CC(=O)NC[C@@H](O)c2ccccc2)c(=O)oc2c(C)c(O)ccc12. The van der Waals surface area contributed by atoms with E-state index in [4.69, 9.17) is 4.42 Å². The Morgan fingerprint density at radius 1 is 1.11 bits per heavy atom. The van der Waals surface area contributed by atoms with Gasteiger partial charge in [0.2, 0.25) is 5.91 Å². The van der Waals surface area contributed by atoms with Crippen LogP contribution in [0.15, 0.2) is 51.7 Å². The third-order valence-corrected chi connectivity index (χ3v) is 4.69. The molecule has 0 spiro atoms. The standard InChI is InChI=1S/C21H21NO5/c1-12-15-8-9-17(23)13(2)20(15)27-21(26)16(12)10-19(25)22-11-18(24)14-6-4-3-5-7-14/h3-9,18,23-24H,10-11H2,1-2H3,(H,22,25)/t18-/m1/s1. The Balaban J connectivity index is 1.77. The molecule has 1 aromatic heterocycles. The Hall–Kier alpha value is -3.12. The first-order valence-corrected chi connectivity index (χ1v) is 8.63. The summed E-state index contributed by atoms with van der Waals surface area (Å²) >= 11 is 0. The number of rotatable bonds is 5. The summed E-state index contributed by atoms with van der Waals surface area (Å²) in [5.41, 5.74) is 1.81. The van der Waals surface area contributed by atoms with Crippen molar-refractivity contribution in [2.75, 3.05) is 6.54 Å². The van der Waals surface area contributed by atoms with E-state index in [0.29, 0.717) is 27.7 Å². The highest BCUT2D eigenvalue weighted by atomic mass is 16.4. The average Bonchev–Trinajstić information content (AvgIpc) is 2.67. The highest BCUT2D eigenvalue weighted by Crippen LogP contribution is 2.28. The van der Waals surface area contributed by atoms with E-state index in [1.807, 2.05) is 18.2 Å². The molecule has 3 N–H and O–H groups in total. The van der Waals surface area contributed by atoms with Crippen molar-refractivity contribution in [3.05, 3.63) is 75.1 Å². The fraction of sp³-hybridized carbons (Fsp3) is 0.238. The number of amides is 1. The summed E-state index contributed by atoms with van der Waals surface area (Å²) in [6.07, 6.45) is -0.971. The molecule has 0 aliphatic carbocycles. The van der Waals surface area contributed by atoms with Gasteiger partial charge in [-0.05, 0) is 37.1 Å². The number of aliphatic hydroxyl groups is 1. The third-order valence-electron chi connectivity index (χ3n) is 4.69. The Labute approximate surface area is 156 Å². The number of aryl methyl sites for hydroxylation is 2. The van der Waals surface area contributed by atoms with Crippen molar-refractivity contribution in [2.24, 2.45) is 0 Å². The minimum atomic E-state index is -0.824. The number of phenols is 1. The second-order valence-electron chi connectivity index (χ2n) is 6.49. The Morgan fingerprint density at radius 2 is 1.81 bits per heavy atom. The number of phenolic OH excluding ortho intramolecular Hbond substituents is 1. The van der Waals surface area contributed by atoms with Gasteiger partial charge in [-0.25, -0.2) is 4.79 Å². The van der Waals surface area contributed by atoms with Crippen molar-refractivity contribution in [2.45, 2.75) is 26.4 Å². The van der Waals surface area contributed by atoms with Gasteiger partial charge in [0.15, 0.2) is 0 Å². The van der Waals surface area contributed by atoms with Crippen LogP contribution in [-0.2, 0) is 11.2 Å². The van der Waals surface area contributed by atoms with Gasteiger partial charge >= 0.3 is 5.63 Å². The van der Waals surface area contributed by atoms with Crippen molar-refractivity contribution >= 4 is 16.9 Å². The van der Waals surface area contributed by atoms with E-state index < -0.39 is 11.7 Å². The molecule has 6 heteroatoms. The lowest BCUT2D eigenvalue weighted by Crippen LogP contribution is -2.31. The molecular weight excluding hydrogens is 346 g/mol. The predicted octanol–water partition coefficient (Wildman–Crippen LogP) is 2.51. The van der Waals surface area contributed by atoms with Crippen molar-refractivity contribution in [3.8, 4) is 5.75 Å². The molecule has 1 heterocycles. The van der Waals surface area contributed by atoms with Crippen LogP contribution >= 0.6 is 0 Å². The minimum Gasteiger partial charge on any atom is -0.508 e. The molecule has 1 atom stereocenters. The van der Waals surface area contributed by atoms with Gasteiger partial charge < -0.3 is 19.9 Å². The predicted molar refractivity (Wildman–Crippen MR) is 102 cm³/mol. The highest BCUT2D eigenvalue weighted by molar-refractivity contribution is 5.87. The van der Waals surface area contributed by atoms with Crippen LogP contribution in [-0.4, -0.2) is 22.7 Å². The first-order chi connectivity index (χ1) is 12.9. The summed E-state index contributed by atoms with van der Waals surface area (Å²) in [6.45, 7) is 3.46. The van der Waals surface area contributed by atoms with Crippen LogP contribution in [0.4, 0.5) is 0 Å². The van der Waals surface area contributed by atoms with Gasteiger partial charge in [-0.15, -0.1) is 0 Å². The lowest BCUT2D eigenvalue weighted by molar-refractivity contribution is -0.120. The lowest BCUT2D eigenvalue weighted by Gasteiger charge is -2.13. The number of nitrogens with one attached hydrogen (secondary N) is 1. The van der Waals surface area contributed by atoms with Gasteiger partial charge in [0.1, 0.15) is 11.3 Å². The molecule has 1 amide bonds. The second kappa shape index (κ2) is 7.63. The van der Waals surface area contributed by atoms with Crippen LogP contribution in [0.3, 0.4) is 0 Å². The smallest absolute Gasteiger partial charge is 0.340 e. The Morgan fingerprint density at radius 3 is 2.52 bits per heavy atom. The number of aliphatic hydroxyl groups excluding tert-OH is 1. The maximum atomic E-state index is 12.3. The molecule has 3 rings (SSSR count). The van der Waals surface area contributed by atoms with Crippen molar-refractivity contribution in [1.82, 2.24) is 5.32 Å².